The molecule has 11 rings (SSSR count). The first-order chi connectivity index (χ1) is 31.1. The van der Waals surface area contributed by atoms with Crippen molar-refractivity contribution in [2.24, 2.45) is 0 Å². The van der Waals surface area contributed by atoms with Crippen LogP contribution in [0.1, 0.15) is 11.0 Å². The molecule has 0 N–H and O–H groups in total. The SMILES string of the molecule is [2H]c1c([2H])c([2H])c2c(c1[2H])c1c([2H])c([2H])c([2H])c([2H])c1n2-c1cc(-c2ccccc2)cc(-c2ccc3c(c2)oc2c(-c4nc(-c5ccccc5)nc(-c5ccccc5)n4)cccc23)c1. The van der Waals surface area contributed by atoms with Crippen molar-refractivity contribution in [2.75, 3.05) is 0 Å². The van der Waals surface area contributed by atoms with Gasteiger partial charge in [-0.05, 0) is 70.7 Å². The summed E-state index contributed by atoms with van der Waals surface area (Å²) in [6.07, 6.45) is 0. The van der Waals surface area contributed by atoms with Gasteiger partial charge in [-0.15, -0.1) is 0 Å². The Morgan fingerprint density at radius 2 is 0.964 bits per heavy atom. The number of hydrogen-bond acceptors (Lipinski definition) is 4. The molecule has 5 heteroatoms. The van der Waals surface area contributed by atoms with E-state index in [0.29, 0.717) is 39.9 Å². The van der Waals surface area contributed by atoms with Crippen LogP contribution in [-0.4, -0.2) is 19.5 Å². The predicted octanol–water partition coefficient (Wildman–Crippen LogP) is 13.2. The molecular formula is C51H32N4O. The zero-order valence-corrected chi connectivity index (χ0v) is 29.6. The number of fused-ring (bicyclic) bond motifs is 6. The highest BCUT2D eigenvalue weighted by molar-refractivity contribution is 6.11. The van der Waals surface area contributed by atoms with Crippen molar-refractivity contribution in [3.63, 3.8) is 0 Å². The Kier molecular flexibility index (Phi) is 5.74. The number of rotatable bonds is 6. The van der Waals surface area contributed by atoms with E-state index in [1.54, 1.807) is 4.57 Å². The van der Waals surface area contributed by atoms with Gasteiger partial charge in [-0.1, -0.05) is 145 Å². The van der Waals surface area contributed by atoms with Crippen molar-refractivity contribution < 1.29 is 15.4 Å². The first kappa shape index (κ1) is 24.6. The van der Waals surface area contributed by atoms with E-state index < -0.39 is 24.2 Å². The minimum Gasteiger partial charge on any atom is -0.455 e. The highest BCUT2D eigenvalue weighted by Gasteiger charge is 2.19. The predicted molar refractivity (Wildman–Crippen MR) is 229 cm³/mol. The first-order valence-corrected chi connectivity index (χ1v) is 18.1. The molecule has 0 saturated heterocycles. The molecule has 0 spiro atoms. The van der Waals surface area contributed by atoms with Crippen LogP contribution in [0.15, 0.2) is 198 Å². The van der Waals surface area contributed by atoms with Crippen molar-refractivity contribution in [1.82, 2.24) is 19.5 Å². The van der Waals surface area contributed by atoms with Crippen LogP contribution in [0.5, 0.6) is 0 Å². The van der Waals surface area contributed by atoms with Crippen LogP contribution in [0.3, 0.4) is 0 Å². The van der Waals surface area contributed by atoms with Crippen LogP contribution in [-0.2, 0) is 0 Å². The second-order valence-electron chi connectivity index (χ2n) is 13.5. The monoisotopic (exact) mass is 724 g/mol. The van der Waals surface area contributed by atoms with Gasteiger partial charge in [0, 0.05) is 38.4 Å². The molecule has 0 aliphatic rings. The number of hydrogen-bond donors (Lipinski definition) is 0. The Morgan fingerprint density at radius 1 is 0.411 bits per heavy atom. The molecule has 0 atom stereocenters. The maximum Gasteiger partial charge on any atom is 0.167 e. The van der Waals surface area contributed by atoms with Gasteiger partial charge in [0.25, 0.3) is 0 Å². The fourth-order valence-electron chi connectivity index (χ4n) is 7.47. The van der Waals surface area contributed by atoms with Crippen LogP contribution in [0.2, 0.25) is 0 Å². The minimum atomic E-state index is -0.492. The summed E-state index contributed by atoms with van der Waals surface area (Å²) in [5.41, 5.74) is 7.29. The Morgan fingerprint density at radius 3 is 1.59 bits per heavy atom. The van der Waals surface area contributed by atoms with Crippen molar-refractivity contribution in [3.8, 4) is 62.1 Å². The topological polar surface area (TPSA) is 56.7 Å². The van der Waals surface area contributed by atoms with E-state index in [0.717, 1.165) is 44.2 Å². The van der Waals surface area contributed by atoms with Crippen LogP contribution in [0.4, 0.5) is 0 Å². The van der Waals surface area contributed by atoms with Gasteiger partial charge in [0.2, 0.25) is 0 Å². The molecule has 3 aromatic heterocycles. The maximum absolute atomic E-state index is 9.11. The molecule has 5 nitrogen and oxygen atoms in total. The molecule has 8 aromatic carbocycles. The molecule has 0 aliphatic heterocycles. The maximum atomic E-state index is 9.11. The van der Waals surface area contributed by atoms with E-state index in [1.807, 2.05) is 146 Å². The van der Waals surface area contributed by atoms with Crippen molar-refractivity contribution >= 4 is 43.7 Å². The molecule has 0 unspecified atom stereocenters. The average molecular weight is 725 g/mol. The standard InChI is InChI=1S/C51H32N4O/c1-4-15-33(16-5-1)37-29-38(31-39(30-37)55-45-25-12-10-21-40(45)41-22-11-13-26-46(41)55)36-27-28-42-43-23-14-24-44(48(43)56-47(42)32-36)51-53-49(34-17-6-2-7-18-34)52-50(54-51)35-19-8-3-9-20-35/h1-32H/i10D,11D,12D,13D,21D,22D,25D,26D. The van der Waals surface area contributed by atoms with Crippen LogP contribution in [0.25, 0.3) is 106 Å². The second kappa shape index (κ2) is 13.0. The number of benzene rings is 8. The van der Waals surface area contributed by atoms with Gasteiger partial charge < -0.3 is 8.98 Å². The third-order valence-corrected chi connectivity index (χ3v) is 10.1. The number of furan rings is 1. The smallest absolute Gasteiger partial charge is 0.167 e. The lowest BCUT2D eigenvalue weighted by molar-refractivity contribution is 0.669. The lowest BCUT2D eigenvalue weighted by Gasteiger charge is -2.14. The molecule has 262 valence electrons. The fraction of sp³-hybridized carbons (Fsp3) is 0. The zero-order valence-electron chi connectivity index (χ0n) is 37.6. The molecule has 0 fully saturated rings. The van der Waals surface area contributed by atoms with Gasteiger partial charge in [0.1, 0.15) is 11.2 Å². The lowest BCUT2D eigenvalue weighted by Crippen LogP contribution is -2.00. The fourth-order valence-corrected chi connectivity index (χ4v) is 7.47. The van der Waals surface area contributed by atoms with Gasteiger partial charge >= 0.3 is 0 Å². The summed E-state index contributed by atoms with van der Waals surface area (Å²) >= 11 is 0. The Hall–Kier alpha value is -7.63. The Bertz CT molecular complexity index is 3570. The molecule has 0 amide bonds. The number of para-hydroxylation sites is 3. The van der Waals surface area contributed by atoms with E-state index in [2.05, 4.69) is 0 Å². The average Bonchev–Trinajstić information content (AvgIpc) is 3.91. The third kappa shape index (κ3) is 5.37. The van der Waals surface area contributed by atoms with Crippen molar-refractivity contribution in [2.45, 2.75) is 0 Å². The Labute approximate surface area is 334 Å². The van der Waals surface area contributed by atoms with Gasteiger partial charge in [-0.2, -0.15) is 0 Å². The number of aromatic nitrogens is 4. The van der Waals surface area contributed by atoms with E-state index in [4.69, 9.17) is 30.3 Å². The first-order valence-electron chi connectivity index (χ1n) is 22.1. The van der Waals surface area contributed by atoms with Gasteiger partial charge in [0.05, 0.1) is 27.6 Å². The van der Waals surface area contributed by atoms with Gasteiger partial charge in [0.15, 0.2) is 17.5 Å². The molecule has 0 bridgehead atoms. The summed E-state index contributed by atoms with van der Waals surface area (Å²) in [6, 6.07) is 43.4. The molecule has 0 saturated carbocycles. The van der Waals surface area contributed by atoms with E-state index >= 15 is 0 Å². The lowest BCUT2D eigenvalue weighted by atomic mass is 9.97. The summed E-state index contributed by atoms with van der Waals surface area (Å²) in [6.45, 7) is 0. The van der Waals surface area contributed by atoms with Gasteiger partial charge in [-0.25, -0.2) is 15.0 Å². The second-order valence-corrected chi connectivity index (χ2v) is 13.5. The van der Waals surface area contributed by atoms with Crippen molar-refractivity contribution in [3.05, 3.63) is 194 Å². The molecule has 56 heavy (non-hydrogen) atoms. The largest absolute Gasteiger partial charge is 0.455 e. The molecular weight excluding hydrogens is 685 g/mol. The minimum absolute atomic E-state index is 0.0177. The normalized spacial score (nSPS) is 13.6. The molecule has 0 aliphatic carbocycles. The highest BCUT2D eigenvalue weighted by Crippen LogP contribution is 2.40. The molecule has 3 heterocycles. The zero-order chi connectivity index (χ0) is 44.0. The summed E-state index contributed by atoms with van der Waals surface area (Å²) in [5.74, 6) is 1.52. The third-order valence-electron chi connectivity index (χ3n) is 10.1. The van der Waals surface area contributed by atoms with Crippen LogP contribution < -0.4 is 0 Å². The van der Waals surface area contributed by atoms with Gasteiger partial charge in [-0.3, -0.25) is 0 Å². The summed E-state index contributed by atoms with van der Waals surface area (Å²) in [4.78, 5) is 14.8. The van der Waals surface area contributed by atoms with Crippen LogP contribution in [0, 0.1) is 0 Å². The van der Waals surface area contributed by atoms with E-state index in [9.17, 15) is 0 Å². The molecule has 0 radical (unpaired) electrons. The summed E-state index contributed by atoms with van der Waals surface area (Å²) in [5, 5.41) is 1.78. The van der Waals surface area contributed by atoms with Crippen LogP contribution >= 0.6 is 0 Å². The highest BCUT2D eigenvalue weighted by atomic mass is 16.3. The summed E-state index contributed by atoms with van der Waals surface area (Å²) in [7, 11) is 0. The van der Waals surface area contributed by atoms with Crippen molar-refractivity contribution in [1.29, 1.82) is 0 Å². The van der Waals surface area contributed by atoms with E-state index in [-0.39, 0.29) is 46.0 Å². The van der Waals surface area contributed by atoms with E-state index in [1.165, 1.54) is 0 Å². The molecule has 11 aromatic rings. The Balaban J connectivity index is 1.14. The summed E-state index contributed by atoms with van der Waals surface area (Å²) < 4.78 is 78.7. The quantitative estimate of drug-likeness (QED) is 0.171. The number of nitrogens with zero attached hydrogens (tertiary/aromatic N) is 4.